The van der Waals surface area contributed by atoms with E-state index in [9.17, 15) is 4.79 Å². The summed E-state index contributed by atoms with van der Waals surface area (Å²) < 4.78 is 5.22. The quantitative estimate of drug-likeness (QED) is 0.805. The number of rotatable bonds is 2. The minimum atomic E-state index is -0.418. The third-order valence-corrected chi connectivity index (χ3v) is 2.90. The maximum absolute atomic E-state index is 11.5. The monoisotopic (exact) mass is 264 g/mol. The van der Waals surface area contributed by atoms with E-state index in [1.54, 1.807) is 0 Å². The summed E-state index contributed by atoms with van der Waals surface area (Å²) in [6, 6.07) is 0.262. The summed E-state index contributed by atoms with van der Waals surface area (Å²) in [7, 11) is 0. The van der Waals surface area contributed by atoms with Gasteiger partial charge in [0.2, 0.25) is 0 Å². The zero-order chi connectivity index (χ0) is 12.2. The zero-order valence-corrected chi connectivity index (χ0v) is 11.8. The van der Waals surface area contributed by atoms with E-state index in [-0.39, 0.29) is 24.5 Å². The maximum Gasteiger partial charge on any atom is 0.407 e. The number of hydrogen-bond donors (Lipinski definition) is 2. The highest BCUT2D eigenvalue weighted by Crippen LogP contribution is 2.23. The average molecular weight is 265 g/mol. The summed E-state index contributed by atoms with van der Waals surface area (Å²) >= 11 is 0. The molecule has 0 aromatic heterocycles. The SMILES string of the molecule is CC(C)(C)OC(=O)NC1CCC(CN)CC1.Cl. The molecule has 0 saturated heterocycles. The molecule has 0 atom stereocenters. The van der Waals surface area contributed by atoms with Crippen LogP contribution in [0.5, 0.6) is 0 Å². The molecule has 1 rings (SSSR count). The molecule has 0 bridgehead atoms. The third-order valence-electron chi connectivity index (χ3n) is 2.90. The Kier molecular flexibility index (Phi) is 6.87. The Hall–Kier alpha value is -0.480. The van der Waals surface area contributed by atoms with Gasteiger partial charge in [0.05, 0.1) is 0 Å². The average Bonchev–Trinajstić information content (AvgIpc) is 2.16. The molecule has 5 heteroatoms. The van der Waals surface area contributed by atoms with Crippen LogP contribution in [0.2, 0.25) is 0 Å². The predicted molar refractivity (Wildman–Crippen MR) is 71.4 cm³/mol. The lowest BCUT2D eigenvalue weighted by atomic mass is 9.86. The summed E-state index contributed by atoms with van der Waals surface area (Å²) in [5.74, 6) is 0.636. The first-order valence-corrected chi connectivity index (χ1v) is 6.10. The zero-order valence-electron chi connectivity index (χ0n) is 11.0. The van der Waals surface area contributed by atoms with Crippen LogP contribution >= 0.6 is 12.4 Å². The van der Waals surface area contributed by atoms with Crippen LogP contribution in [-0.4, -0.2) is 24.3 Å². The number of carbonyl (C=O) groups excluding carboxylic acids is 1. The van der Waals surface area contributed by atoms with Gasteiger partial charge in [0.1, 0.15) is 5.60 Å². The van der Waals surface area contributed by atoms with E-state index in [0.29, 0.717) is 5.92 Å². The largest absolute Gasteiger partial charge is 0.444 e. The second kappa shape index (κ2) is 7.07. The van der Waals surface area contributed by atoms with Crippen LogP contribution in [0.25, 0.3) is 0 Å². The van der Waals surface area contributed by atoms with Crippen molar-refractivity contribution in [1.29, 1.82) is 0 Å². The summed E-state index contributed by atoms with van der Waals surface area (Å²) in [4.78, 5) is 11.5. The Morgan fingerprint density at radius 3 is 2.24 bits per heavy atom. The Balaban J connectivity index is 0.00000256. The lowest BCUT2D eigenvalue weighted by Gasteiger charge is -2.29. The first-order valence-electron chi connectivity index (χ1n) is 6.10. The van der Waals surface area contributed by atoms with Crippen molar-refractivity contribution >= 4 is 18.5 Å². The van der Waals surface area contributed by atoms with Crippen molar-refractivity contribution in [1.82, 2.24) is 5.32 Å². The molecule has 0 aromatic rings. The van der Waals surface area contributed by atoms with Crippen LogP contribution in [-0.2, 0) is 4.74 Å². The third kappa shape index (κ3) is 6.74. The second-order valence-electron chi connectivity index (χ2n) is 5.60. The van der Waals surface area contributed by atoms with Crippen molar-refractivity contribution in [3.63, 3.8) is 0 Å². The molecule has 0 heterocycles. The fraction of sp³-hybridized carbons (Fsp3) is 0.917. The Morgan fingerprint density at radius 2 is 1.82 bits per heavy atom. The predicted octanol–water partition coefficient (Wildman–Crippen LogP) is 2.45. The summed E-state index contributed by atoms with van der Waals surface area (Å²) in [6.07, 6.45) is 3.94. The van der Waals surface area contributed by atoms with E-state index in [2.05, 4.69) is 5.32 Å². The van der Waals surface area contributed by atoms with Crippen LogP contribution in [0.4, 0.5) is 4.79 Å². The summed E-state index contributed by atoms with van der Waals surface area (Å²) in [6.45, 7) is 6.38. The van der Waals surface area contributed by atoms with E-state index in [1.165, 1.54) is 0 Å². The van der Waals surface area contributed by atoms with Gasteiger partial charge >= 0.3 is 6.09 Å². The van der Waals surface area contributed by atoms with Gasteiger partial charge in [-0.05, 0) is 58.9 Å². The number of alkyl carbamates (subject to hydrolysis) is 1. The Bertz CT molecular complexity index is 233. The topological polar surface area (TPSA) is 64.3 Å². The van der Waals surface area contributed by atoms with Gasteiger partial charge < -0.3 is 15.8 Å². The highest BCUT2D eigenvalue weighted by atomic mass is 35.5. The molecule has 0 spiro atoms. The van der Waals surface area contributed by atoms with E-state index in [4.69, 9.17) is 10.5 Å². The van der Waals surface area contributed by atoms with Crippen molar-refractivity contribution in [2.24, 2.45) is 11.7 Å². The molecular formula is C12H25ClN2O2. The van der Waals surface area contributed by atoms with Crippen LogP contribution in [0, 0.1) is 5.92 Å². The fourth-order valence-electron chi connectivity index (χ4n) is 2.02. The molecule has 0 aromatic carbocycles. The van der Waals surface area contributed by atoms with Crippen LogP contribution in [0.15, 0.2) is 0 Å². The number of halogens is 1. The molecule has 0 aliphatic heterocycles. The first kappa shape index (κ1) is 16.5. The summed E-state index contributed by atoms with van der Waals surface area (Å²) in [5, 5.41) is 2.92. The van der Waals surface area contributed by atoms with E-state index in [0.717, 1.165) is 32.2 Å². The molecule has 0 radical (unpaired) electrons. The smallest absolute Gasteiger partial charge is 0.407 e. The second-order valence-corrected chi connectivity index (χ2v) is 5.60. The van der Waals surface area contributed by atoms with Crippen LogP contribution < -0.4 is 11.1 Å². The molecule has 17 heavy (non-hydrogen) atoms. The highest BCUT2D eigenvalue weighted by Gasteiger charge is 2.23. The van der Waals surface area contributed by atoms with Crippen LogP contribution in [0.3, 0.4) is 0 Å². The number of amides is 1. The molecule has 1 aliphatic carbocycles. The maximum atomic E-state index is 11.5. The van der Waals surface area contributed by atoms with Gasteiger partial charge in [0.15, 0.2) is 0 Å². The first-order chi connectivity index (χ1) is 7.40. The van der Waals surface area contributed by atoms with Crippen molar-refractivity contribution in [2.45, 2.75) is 58.1 Å². The van der Waals surface area contributed by atoms with E-state index < -0.39 is 5.60 Å². The summed E-state index contributed by atoms with van der Waals surface area (Å²) in [5.41, 5.74) is 5.20. The van der Waals surface area contributed by atoms with Gasteiger partial charge in [0.25, 0.3) is 0 Å². The minimum Gasteiger partial charge on any atom is -0.444 e. The molecule has 102 valence electrons. The Morgan fingerprint density at radius 1 is 1.29 bits per heavy atom. The number of ether oxygens (including phenoxy) is 1. The van der Waals surface area contributed by atoms with Crippen molar-refractivity contribution < 1.29 is 9.53 Å². The molecule has 1 aliphatic rings. The number of nitrogens with two attached hydrogens (primary N) is 1. The van der Waals surface area contributed by atoms with Crippen molar-refractivity contribution in [3.05, 3.63) is 0 Å². The number of hydrogen-bond acceptors (Lipinski definition) is 3. The van der Waals surface area contributed by atoms with Gasteiger partial charge in [-0.15, -0.1) is 12.4 Å². The van der Waals surface area contributed by atoms with Crippen molar-refractivity contribution in [2.75, 3.05) is 6.54 Å². The standard InChI is InChI=1S/C12H24N2O2.ClH/c1-12(2,3)16-11(15)14-10-6-4-9(8-13)5-7-10;/h9-10H,4-8,13H2,1-3H3,(H,14,15);1H. The molecule has 1 fully saturated rings. The molecule has 1 saturated carbocycles. The van der Waals surface area contributed by atoms with Crippen LogP contribution in [0.1, 0.15) is 46.5 Å². The van der Waals surface area contributed by atoms with Gasteiger partial charge in [0, 0.05) is 6.04 Å². The van der Waals surface area contributed by atoms with Crippen molar-refractivity contribution in [3.8, 4) is 0 Å². The lowest BCUT2D eigenvalue weighted by Crippen LogP contribution is -2.41. The normalized spacial score (nSPS) is 24.7. The molecule has 1 amide bonds. The molecule has 4 nitrogen and oxygen atoms in total. The van der Waals surface area contributed by atoms with Gasteiger partial charge in [-0.1, -0.05) is 0 Å². The molecular weight excluding hydrogens is 240 g/mol. The van der Waals surface area contributed by atoms with E-state index >= 15 is 0 Å². The highest BCUT2D eigenvalue weighted by molar-refractivity contribution is 5.85. The number of carbonyl (C=O) groups is 1. The van der Waals surface area contributed by atoms with Gasteiger partial charge in [-0.3, -0.25) is 0 Å². The molecule has 0 unspecified atom stereocenters. The minimum absolute atomic E-state index is 0. The lowest BCUT2D eigenvalue weighted by molar-refractivity contribution is 0.0488. The van der Waals surface area contributed by atoms with Gasteiger partial charge in [-0.2, -0.15) is 0 Å². The number of nitrogens with one attached hydrogen (secondary N) is 1. The van der Waals surface area contributed by atoms with E-state index in [1.807, 2.05) is 20.8 Å². The van der Waals surface area contributed by atoms with Gasteiger partial charge in [-0.25, -0.2) is 4.79 Å². The fourth-order valence-corrected chi connectivity index (χ4v) is 2.02. The molecule has 3 N–H and O–H groups in total. The Labute approximate surface area is 110 Å².